The molecular formula is C15H18F3NO. The largest absolute Gasteiger partial charge is 0.416 e. The third-order valence-corrected chi connectivity index (χ3v) is 3.42. The lowest BCUT2D eigenvalue weighted by atomic mass is 10.1. The molecule has 0 unspecified atom stereocenters. The zero-order valence-electron chi connectivity index (χ0n) is 11.4. The quantitative estimate of drug-likeness (QED) is 0.801. The third kappa shape index (κ3) is 3.74. The first-order valence-corrected chi connectivity index (χ1v) is 6.88. The molecule has 1 amide bonds. The molecule has 110 valence electrons. The van der Waals surface area contributed by atoms with Crippen molar-refractivity contribution in [1.29, 1.82) is 0 Å². The maximum atomic E-state index is 12.5. The van der Waals surface area contributed by atoms with Gasteiger partial charge < -0.3 is 4.90 Å². The van der Waals surface area contributed by atoms with Gasteiger partial charge in [-0.1, -0.05) is 6.92 Å². The van der Waals surface area contributed by atoms with Crippen LogP contribution < -0.4 is 0 Å². The third-order valence-electron chi connectivity index (χ3n) is 3.42. The number of carbonyl (C=O) groups excluding carboxylic acids is 1. The van der Waals surface area contributed by atoms with Gasteiger partial charge in [-0.2, -0.15) is 13.2 Å². The van der Waals surface area contributed by atoms with Crippen molar-refractivity contribution in [2.45, 2.75) is 32.4 Å². The Kier molecular flexibility index (Phi) is 4.35. The van der Waals surface area contributed by atoms with Gasteiger partial charge in [-0.3, -0.25) is 4.79 Å². The van der Waals surface area contributed by atoms with Gasteiger partial charge in [0.2, 0.25) is 0 Å². The Labute approximate surface area is 116 Å². The number of rotatable bonds is 5. The topological polar surface area (TPSA) is 20.3 Å². The molecule has 0 radical (unpaired) electrons. The van der Waals surface area contributed by atoms with Crippen LogP contribution >= 0.6 is 0 Å². The summed E-state index contributed by atoms with van der Waals surface area (Å²) in [5.74, 6) is 0.396. The van der Waals surface area contributed by atoms with Gasteiger partial charge in [-0.15, -0.1) is 0 Å². The van der Waals surface area contributed by atoms with Gasteiger partial charge in [0.1, 0.15) is 0 Å². The number of benzene rings is 1. The molecular weight excluding hydrogens is 267 g/mol. The van der Waals surface area contributed by atoms with E-state index in [9.17, 15) is 18.0 Å². The Morgan fingerprint density at radius 2 is 1.85 bits per heavy atom. The SMILES string of the molecule is CCCN(CC1CC1)C(=O)c1ccc(C(F)(F)F)cc1. The zero-order chi connectivity index (χ0) is 14.8. The van der Waals surface area contributed by atoms with Crippen LogP contribution in [-0.4, -0.2) is 23.9 Å². The number of hydrogen-bond acceptors (Lipinski definition) is 1. The first-order chi connectivity index (χ1) is 9.41. The molecule has 0 aromatic heterocycles. The van der Waals surface area contributed by atoms with E-state index in [1.54, 1.807) is 4.90 Å². The Morgan fingerprint density at radius 1 is 1.25 bits per heavy atom. The van der Waals surface area contributed by atoms with Crippen LogP contribution in [0.3, 0.4) is 0 Å². The minimum Gasteiger partial charge on any atom is -0.338 e. The van der Waals surface area contributed by atoms with Crippen molar-refractivity contribution in [3.05, 3.63) is 35.4 Å². The lowest BCUT2D eigenvalue weighted by Crippen LogP contribution is -2.33. The first kappa shape index (κ1) is 14.9. The number of carbonyl (C=O) groups is 1. The standard InChI is InChI=1S/C15H18F3NO/c1-2-9-19(10-11-3-4-11)14(20)12-5-7-13(8-6-12)15(16,17)18/h5-8,11H,2-4,9-10H2,1H3. The van der Waals surface area contributed by atoms with Crippen molar-refractivity contribution in [2.75, 3.05) is 13.1 Å². The first-order valence-electron chi connectivity index (χ1n) is 6.88. The predicted molar refractivity (Wildman–Crippen MR) is 70.4 cm³/mol. The van der Waals surface area contributed by atoms with Crippen LogP contribution in [0, 0.1) is 5.92 Å². The summed E-state index contributed by atoms with van der Waals surface area (Å²) < 4.78 is 37.5. The molecule has 1 aromatic carbocycles. The van der Waals surface area contributed by atoms with Crippen LogP contribution in [0.4, 0.5) is 13.2 Å². The molecule has 0 atom stereocenters. The van der Waals surface area contributed by atoms with E-state index in [1.807, 2.05) is 6.92 Å². The molecule has 2 nitrogen and oxygen atoms in total. The van der Waals surface area contributed by atoms with Crippen LogP contribution in [0.25, 0.3) is 0 Å². The second kappa shape index (κ2) is 5.85. The number of alkyl halides is 3. The monoisotopic (exact) mass is 285 g/mol. The molecule has 0 N–H and O–H groups in total. The van der Waals surface area contributed by atoms with Crippen molar-refractivity contribution in [1.82, 2.24) is 4.90 Å². The van der Waals surface area contributed by atoms with E-state index in [-0.39, 0.29) is 5.91 Å². The number of halogens is 3. The van der Waals surface area contributed by atoms with Crippen LogP contribution in [0.5, 0.6) is 0 Å². The Balaban J connectivity index is 2.09. The summed E-state index contributed by atoms with van der Waals surface area (Å²) in [7, 11) is 0. The van der Waals surface area contributed by atoms with E-state index < -0.39 is 11.7 Å². The Bertz CT molecular complexity index is 463. The molecule has 1 aliphatic rings. The van der Waals surface area contributed by atoms with Crippen molar-refractivity contribution >= 4 is 5.91 Å². The molecule has 5 heteroatoms. The second-order valence-corrected chi connectivity index (χ2v) is 5.27. The summed E-state index contributed by atoms with van der Waals surface area (Å²) in [5.41, 5.74) is -0.398. The lowest BCUT2D eigenvalue weighted by Gasteiger charge is -2.22. The molecule has 1 saturated carbocycles. The highest BCUT2D eigenvalue weighted by molar-refractivity contribution is 5.94. The maximum Gasteiger partial charge on any atom is 0.416 e. The molecule has 0 bridgehead atoms. The maximum absolute atomic E-state index is 12.5. The van der Waals surface area contributed by atoms with Crippen LogP contribution in [0.2, 0.25) is 0 Å². The van der Waals surface area contributed by atoms with Gasteiger partial charge >= 0.3 is 6.18 Å². The normalized spacial score (nSPS) is 15.2. The van der Waals surface area contributed by atoms with Gasteiger partial charge in [0.15, 0.2) is 0 Å². The molecule has 1 aromatic rings. The highest BCUT2D eigenvalue weighted by Crippen LogP contribution is 2.31. The molecule has 0 aliphatic heterocycles. The fourth-order valence-corrected chi connectivity index (χ4v) is 2.14. The average molecular weight is 285 g/mol. The Hall–Kier alpha value is -1.52. The summed E-state index contributed by atoms with van der Waals surface area (Å²) in [4.78, 5) is 14.1. The lowest BCUT2D eigenvalue weighted by molar-refractivity contribution is -0.137. The number of hydrogen-bond donors (Lipinski definition) is 0. The van der Waals surface area contributed by atoms with Gasteiger partial charge in [-0.05, 0) is 49.4 Å². The number of amides is 1. The minimum absolute atomic E-state index is 0.174. The molecule has 20 heavy (non-hydrogen) atoms. The highest BCUT2D eigenvalue weighted by atomic mass is 19.4. The fraction of sp³-hybridized carbons (Fsp3) is 0.533. The fourth-order valence-electron chi connectivity index (χ4n) is 2.14. The highest BCUT2D eigenvalue weighted by Gasteiger charge is 2.31. The molecule has 2 rings (SSSR count). The van der Waals surface area contributed by atoms with Gasteiger partial charge in [0.05, 0.1) is 5.56 Å². The van der Waals surface area contributed by atoms with Crippen molar-refractivity contribution < 1.29 is 18.0 Å². The van der Waals surface area contributed by atoms with Gasteiger partial charge in [0, 0.05) is 18.7 Å². The second-order valence-electron chi connectivity index (χ2n) is 5.27. The summed E-state index contributed by atoms with van der Waals surface area (Å²) in [6.07, 6.45) is -1.24. The summed E-state index contributed by atoms with van der Waals surface area (Å²) in [5, 5.41) is 0. The van der Waals surface area contributed by atoms with Crippen LogP contribution in [0.15, 0.2) is 24.3 Å². The average Bonchev–Trinajstić information content (AvgIpc) is 3.20. The molecule has 0 saturated heterocycles. The van der Waals surface area contributed by atoms with Crippen molar-refractivity contribution in [2.24, 2.45) is 5.92 Å². The van der Waals surface area contributed by atoms with E-state index in [0.29, 0.717) is 24.6 Å². The molecule has 0 heterocycles. The summed E-state index contributed by atoms with van der Waals surface area (Å²) in [6, 6.07) is 4.46. The van der Waals surface area contributed by atoms with Gasteiger partial charge in [0.25, 0.3) is 5.91 Å². The van der Waals surface area contributed by atoms with E-state index >= 15 is 0 Å². The van der Waals surface area contributed by atoms with Crippen LogP contribution in [-0.2, 0) is 6.18 Å². The molecule has 1 aliphatic carbocycles. The predicted octanol–water partition coefficient (Wildman–Crippen LogP) is 3.97. The van der Waals surface area contributed by atoms with Gasteiger partial charge in [-0.25, -0.2) is 0 Å². The van der Waals surface area contributed by atoms with E-state index in [1.165, 1.54) is 12.1 Å². The zero-order valence-corrected chi connectivity index (χ0v) is 11.4. The Morgan fingerprint density at radius 3 is 2.30 bits per heavy atom. The molecule has 0 spiro atoms. The number of nitrogens with zero attached hydrogens (tertiary/aromatic N) is 1. The minimum atomic E-state index is -4.36. The van der Waals surface area contributed by atoms with Crippen molar-refractivity contribution in [3.63, 3.8) is 0 Å². The van der Waals surface area contributed by atoms with E-state index in [4.69, 9.17) is 0 Å². The smallest absolute Gasteiger partial charge is 0.338 e. The summed E-state index contributed by atoms with van der Waals surface area (Å²) >= 11 is 0. The van der Waals surface area contributed by atoms with E-state index in [2.05, 4.69) is 0 Å². The van der Waals surface area contributed by atoms with E-state index in [0.717, 1.165) is 31.4 Å². The summed E-state index contributed by atoms with van der Waals surface area (Å²) in [6.45, 7) is 3.35. The van der Waals surface area contributed by atoms with Crippen molar-refractivity contribution in [3.8, 4) is 0 Å². The molecule has 1 fully saturated rings. The van der Waals surface area contributed by atoms with Crippen LogP contribution in [0.1, 0.15) is 42.1 Å².